The molecule has 0 aliphatic carbocycles. The molecule has 1 heterocycles. The molecule has 114 valence electrons. The lowest BCUT2D eigenvalue weighted by molar-refractivity contribution is 0.169. The van der Waals surface area contributed by atoms with Crippen LogP contribution in [0.15, 0.2) is 30.3 Å². The van der Waals surface area contributed by atoms with Crippen molar-refractivity contribution in [3.8, 4) is 6.07 Å². The van der Waals surface area contributed by atoms with Gasteiger partial charge < -0.3 is 10.6 Å². The zero-order valence-corrected chi connectivity index (χ0v) is 13.1. The second-order valence-corrected chi connectivity index (χ2v) is 6.27. The fraction of sp³-hybridized carbons (Fsp3) is 0.611. The number of benzene rings is 1. The predicted molar refractivity (Wildman–Crippen MR) is 86.6 cm³/mol. The summed E-state index contributed by atoms with van der Waals surface area (Å²) in [7, 11) is 0. The van der Waals surface area contributed by atoms with Gasteiger partial charge in [-0.1, -0.05) is 50.1 Å². The zero-order valence-electron chi connectivity index (χ0n) is 13.1. The molecule has 1 unspecified atom stereocenters. The smallest absolute Gasteiger partial charge is 0.131 e. The minimum Gasteiger partial charge on any atom is -0.310 e. The average molecular weight is 285 g/mol. The first-order chi connectivity index (χ1) is 10.2. The number of hydrogen-bond donors (Lipinski definition) is 1. The van der Waals surface area contributed by atoms with Crippen molar-refractivity contribution in [2.75, 3.05) is 19.6 Å². The molecule has 1 aliphatic heterocycles. The van der Waals surface area contributed by atoms with Crippen LogP contribution in [0.1, 0.15) is 44.6 Å². The number of hydrogen-bond acceptors (Lipinski definition) is 3. The molecular weight excluding hydrogens is 258 g/mol. The van der Waals surface area contributed by atoms with E-state index < -0.39 is 5.54 Å². The highest BCUT2D eigenvalue weighted by Crippen LogP contribution is 2.25. The Bertz CT molecular complexity index is 457. The molecule has 0 aromatic heterocycles. The van der Waals surface area contributed by atoms with Crippen molar-refractivity contribution in [2.24, 2.45) is 11.7 Å². The van der Waals surface area contributed by atoms with Crippen molar-refractivity contribution >= 4 is 0 Å². The summed E-state index contributed by atoms with van der Waals surface area (Å²) in [4.78, 5) is 2.47. The second kappa shape index (κ2) is 7.59. The van der Waals surface area contributed by atoms with Crippen LogP contribution in [0.3, 0.4) is 0 Å². The third-order valence-corrected chi connectivity index (χ3v) is 4.71. The van der Waals surface area contributed by atoms with Gasteiger partial charge in [-0.2, -0.15) is 5.26 Å². The Morgan fingerprint density at radius 1 is 1.29 bits per heavy atom. The first-order valence-electron chi connectivity index (χ1n) is 8.16. The minimum atomic E-state index is -0.860. The molecule has 1 aliphatic rings. The lowest BCUT2D eigenvalue weighted by Crippen LogP contribution is -2.41. The van der Waals surface area contributed by atoms with Gasteiger partial charge in [0, 0.05) is 6.54 Å². The van der Waals surface area contributed by atoms with E-state index in [0.717, 1.165) is 31.1 Å². The Hall–Kier alpha value is -1.37. The molecule has 3 nitrogen and oxygen atoms in total. The molecule has 21 heavy (non-hydrogen) atoms. The lowest BCUT2D eigenvalue weighted by atomic mass is 9.88. The maximum Gasteiger partial charge on any atom is 0.131 e. The van der Waals surface area contributed by atoms with Crippen molar-refractivity contribution in [1.82, 2.24) is 4.90 Å². The van der Waals surface area contributed by atoms with Gasteiger partial charge in [-0.05, 0) is 43.8 Å². The van der Waals surface area contributed by atoms with Crippen LogP contribution in [0, 0.1) is 17.2 Å². The summed E-state index contributed by atoms with van der Waals surface area (Å²) in [6, 6.07) is 12.1. The first-order valence-corrected chi connectivity index (χ1v) is 8.16. The van der Waals surface area contributed by atoms with Crippen molar-refractivity contribution in [1.29, 1.82) is 5.26 Å². The predicted octanol–water partition coefficient (Wildman–Crippen LogP) is 3.27. The van der Waals surface area contributed by atoms with Gasteiger partial charge in [-0.25, -0.2) is 0 Å². The maximum absolute atomic E-state index is 9.49. The Labute approximate surface area is 128 Å². The van der Waals surface area contributed by atoms with E-state index in [1.165, 1.54) is 25.7 Å². The van der Waals surface area contributed by atoms with Crippen LogP contribution >= 0.6 is 0 Å². The summed E-state index contributed by atoms with van der Waals surface area (Å²) in [6.45, 7) is 5.49. The molecule has 2 rings (SSSR count). The number of nitrogens with zero attached hydrogens (tertiary/aromatic N) is 2. The summed E-state index contributed by atoms with van der Waals surface area (Å²) < 4.78 is 0. The molecule has 1 aromatic rings. The van der Waals surface area contributed by atoms with Crippen LogP contribution in [0.25, 0.3) is 0 Å². The molecular formula is C18H27N3. The minimum absolute atomic E-state index is 0.700. The normalized spacial score (nSPS) is 19.9. The number of nitrogens with two attached hydrogens (primary N) is 1. The number of nitriles is 1. The molecule has 0 bridgehead atoms. The van der Waals surface area contributed by atoms with E-state index in [-0.39, 0.29) is 0 Å². The largest absolute Gasteiger partial charge is 0.310 e. The highest BCUT2D eigenvalue weighted by molar-refractivity contribution is 5.30. The van der Waals surface area contributed by atoms with Crippen molar-refractivity contribution in [3.63, 3.8) is 0 Å². The zero-order chi connectivity index (χ0) is 15.1. The Morgan fingerprint density at radius 3 is 2.52 bits per heavy atom. The van der Waals surface area contributed by atoms with Gasteiger partial charge in [0.1, 0.15) is 5.54 Å². The third kappa shape index (κ3) is 4.30. The van der Waals surface area contributed by atoms with Gasteiger partial charge in [0.25, 0.3) is 0 Å². The van der Waals surface area contributed by atoms with E-state index in [4.69, 9.17) is 5.73 Å². The average Bonchev–Trinajstić information content (AvgIpc) is 2.55. The molecule has 0 spiro atoms. The molecule has 1 fully saturated rings. The van der Waals surface area contributed by atoms with E-state index in [2.05, 4.69) is 17.9 Å². The van der Waals surface area contributed by atoms with Gasteiger partial charge >= 0.3 is 0 Å². The Kier molecular flexibility index (Phi) is 5.78. The van der Waals surface area contributed by atoms with E-state index >= 15 is 0 Å². The highest BCUT2D eigenvalue weighted by atomic mass is 15.1. The summed E-state index contributed by atoms with van der Waals surface area (Å²) in [5.41, 5.74) is 6.39. The van der Waals surface area contributed by atoms with Crippen LogP contribution in [-0.2, 0) is 5.54 Å². The van der Waals surface area contributed by atoms with E-state index in [9.17, 15) is 5.26 Å². The van der Waals surface area contributed by atoms with Gasteiger partial charge in [0.15, 0.2) is 0 Å². The molecule has 0 saturated carbocycles. The molecule has 1 saturated heterocycles. The maximum atomic E-state index is 9.49. The quantitative estimate of drug-likeness (QED) is 0.872. The fourth-order valence-corrected chi connectivity index (χ4v) is 3.24. The van der Waals surface area contributed by atoms with E-state index in [1.807, 2.05) is 30.3 Å². The van der Waals surface area contributed by atoms with Crippen molar-refractivity contribution in [2.45, 2.75) is 44.6 Å². The molecule has 3 heteroatoms. The third-order valence-electron chi connectivity index (χ3n) is 4.71. The molecule has 2 N–H and O–H groups in total. The first kappa shape index (κ1) is 16.0. The van der Waals surface area contributed by atoms with Crippen LogP contribution in [-0.4, -0.2) is 24.5 Å². The van der Waals surface area contributed by atoms with Gasteiger partial charge in [0.05, 0.1) is 6.07 Å². The van der Waals surface area contributed by atoms with Gasteiger partial charge in [0.2, 0.25) is 0 Å². The van der Waals surface area contributed by atoms with E-state index in [1.54, 1.807) is 0 Å². The lowest BCUT2D eigenvalue weighted by Gasteiger charge is -2.33. The van der Waals surface area contributed by atoms with Crippen LogP contribution in [0.5, 0.6) is 0 Å². The fourth-order valence-electron chi connectivity index (χ4n) is 3.24. The topological polar surface area (TPSA) is 53.0 Å². The van der Waals surface area contributed by atoms with Gasteiger partial charge in [-0.3, -0.25) is 0 Å². The summed E-state index contributed by atoms with van der Waals surface area (Å²) >= 11 is 0. The van der Waals surface area contributed by atoms with Crippen LogP contribution in [0.4, 0.5) is 0 Å². The molecule has 0 amide bonds. The Balaban J connectivity index is 1.86. The van der Waals surface area contributed by atoms with Crippen molar-refractivity contribution in [3.05, 3.63) is 35.9 Å². The van der Waals surface area contributed by atoms with Crippen LogP contribution < -0.4 is 5.73 Å². The summed E-state index contributed by atoms with van der Waals surface area (Å²) in [6.07, 6.45) is 5.94. The van der Waals surface area contributed by atoms with Crippen molar-refractivity contribution < 1.29 is 0 Å². The molecule has 1 atom stereocenters. The summed E-state index contributed by atoms with van der Waals surface area (Å²) in [5, 5.41) is 9.49. The Morgan fingerprint density at radius 2 is 1.95 bits per heavy atom. The standard InChI is InChI=1S/C18H27N3/c1-2-6-16-9-12-21(13-10-16)14-11-18(20,15-19)17-7-4-3-5-8-17/h3-5,7-8,16H,2,6,9-14,20H2,1H3. The second-order valence-electron chi connectivity index (χ2n) is 6.27. The summed E-state index contributed by atoms with van der Waals surface area (Å²) in [5.74, 6) is 0.902. The number of piperidine rings is 1. The molecule has 0 radical (unpaired) electrons. The van der Waals surface area contributed by atoms with E-state index in [0.29, 0.717) is 6.42 Å². The van der Waals surface area contributed by atoms with Gasteiger partial charge in [-0.15, -0.1) is 0 Å². The number of rotatable bonds is 6. The molecule has 1 aromatic carbocycles. The van der Waals surface area contributed by atoms with Crippen LogP contribution in [0.2, 0.25) is 0 Å². The monoisotopic (exact) mass is 285 g/mol. The highest BCUT2D eigenvalue weighted by Gasteiger charge is 2.28. The number of likely N-dealkylation sites (tertiary alicyclic amines) is 1. The SMILES string of the molecule is CCCC1CCN(CCC(N)(C#N)c2ccccc2)CC1.